The van der Waals surface area contributed by atoms with Gasteiger partial charge in [0.15, 0.2) is 34.5 Å². The first kappa shape index (κ1) is 80.0. The van der Waals surface area contributed by atoms with Crippen molar-refractivity contribution in [1.82, 2.24) is 0 Å². The number of hydrogen-bond donors (Lipinski definition) is 0. The zero-order valence-electron chi connectivity index (χ0n) is 60.9. The minimum atomic E-state index is -0.112. The maximum Gasteiger partial charge on any atom is 0.161 e. The number of benzene rings is 7. The Balaban J connectivity index is 0.000000373. The van der Waals surface area contributed by atoms with Gasteiger partial charge in [-0.3, -0.25) is 0 Å². The zero-order valence-corrected chi connectivity index (χ0v) is 60.9. The molecule has 0 spiro atoms. The standard InChI is InChI=1S/C16H18O.C14H22O2.C14H22.2C13H20O2.C13H20O/c1-13(2)15-8-10-16(11-9-15)17-12-14-6-4-3-5-7-14;1-10(2)9-16-13-7-6-12(11(3)4)8-14(13)15-5;1-4-5-6-7-13-8-10-14(11-9-13)12(2)3;1-5-8-15-13-9-11(10(2)3)6-7-12(13)14-4;1-5-14-12-8-7-11(10(3)4)9-13(12)15-6-2;1-10(2)11-6-8-12(9-7-11)14-13(3,4)5/h3-11,13H,12H2,1-2H3;6-8,10-11H,9H2,1-5H3;8-12H,4-7H2,1-3H3;6-7,9-10H,5,8H2,1-4H3;7-10H,5-6H2,1-4H3;6-10H,1-5H3. The molecule has 0 aliphatic carbocycles. The molecule has 0 unspecified atom stereocenters. The van der Waals surface area contributed by atoms with E-state index in [2.05, 4.69) is 229 Å². The molecule has 0 atom stereocenters. The van der Waals surface area contributed by atoms with Crippen molar-refractivity contribution in [3.8, 4) is 46.0 Å². The monoisotopic (exact) mass is 1250 g/mol. The molecule has 91 heavy (non-hydrogen) atoms. The average molecular weight is 1250 g/mol. The van der Waals surface area contributed by atoms with Gasteiger partial charge in [-0.2, -0.15) is 0 Å². The van der Waals surface area contributed by atoms with Gasteiger partial charge < -0.3 is 37.9 Å². The lowest BCUT2D eigenvalue weighted by molar-refractivity contribution is 0.131. The third-order valence-electron chi connectivity index (χ3n) is 14.5. The lowest BCUT2D eigenvalue weighted by atomic mass is 10.00. The number of hydrogen-bond acceptors (Lipinski definition) is 8. The summed E-state index contributed by atoms with van der Waals surface area (Å²) in [6.45, 7) is 48.5. The molecule has 0 saturated heterocycles. The van der Waals surface area contributed by atoms with Gasteiger partial charge in [0.25, 0.3) is 0 Å². The topological polar surface area (TPSA) is 73.8 Å². The van der Waals surface area contributed by atoms with Gasteiger partial charge in [0.1, 0.15) is 23.7 Å². The summed E-state index contributed by atoms with van der Waals surface area (Å²) in [4.78, 5) is 0. The Morgan fingerprint density at radius 1 is 0.341 bits per heavy atom. The minimum absolute atomic E-state index is 0.112. The second kappa shape index (κ2) is 44.4. The predicted molar refractivity (Wildman–Crippen MR) is 389 cm³/mol. The normalized spacial score (nSPS) is 10.8. The summed E-state index contributed by atoms with van der Waals surface area (Å²) in [6, 6.07) is 54.4. The van der Waals surface area contributed by atoms with E-state index in [9.17, 15) is 0 Å². The molecule has 0 saturated carbocycles. The van der Waals surface area contributed by atoms with Crippen molar-refractivity contribution in [2.75, 3.05) is 40.6 Å². The van der Waals surface area contributed by atoms with Gasteiger partial charge in [-0.05, 0) is 200 Å². The van der Waals surface area contributed by atoms with Crippen LogP contribution < -0.4 is 37.9 Å². The van der Waals surface area contributed by atoms with E-state index in [0.29, 0.717) is 61.2 Å². The van der Waals surface area contributed by atoms with Crippen LogP contribution in [0.15, 0.2) is 158 Å². The Bertz CT molecular complexity index is 2950. The lowest BCUT2D eigenvalue weighted by Crippen LogP contribution is -2.22. The van der Waals surface area contributed by atoms with Crippen LogP contribution in [-0.2, 0) is 13.0 Å². The van der Waals surface area contributed by atoms with E-state index in [-0.39, 0.29) is 5.60 Å². The summed E-state index contributed by atoms with van der Waals surface area (Å²) in [7, 11) is 3.35. The van der Waals surface area contributed by atoms with Gasteiger partial charge in [-0.25, -0.2) is 0 Å². The van der Waals surface area contributed by atoms with Crippen LogP contribution in [0.4, 0.5) is 0 Å². The Kier molecular flexibility index (Phi) is 39.1. The van der Waals surface area contributed by atoms with Crippen molar-refractivity contribution in [3.63, 3.8) is 0 Å². The molecule has 0 radical (unpaired) electrons. The minimum Gasteiger partial charge on any atom is -0.493 e. The highest BCUT2D eigenvalue weighted by Gasteiger charge is 2.13. The van der Waals surface area contributed by atoms with Gasteiger partial charge in [-0.15, -0.1) is 0 Å². The SMILES string of the molecule is CC(C)c1ccc(OC(C)(C)C)cc1.CC(C)c1ccc(OCc2ccccc2)cc1.CCCCCc1ccc(C(C)C)cc1.CCCOc1cc(C(C)C)ccc1OC.CCOc1ccc(C(C)C)cc1OCC.COc1cc(C(C)C)ccc1OCC(C)C. The maximum atomic E-state index is 5.74. The lowest BCUT2D eigenvalue weighted by Gasteiger charge is -2.21. The number of ether oxygens (including phenoxy) is 8. The zero-order chi connectivity index (χ0) is 67.9. The van der Waals surface area contributed by atoms with Gasteiger partial charge in [-0.1, -0.05) is 221 Å². The van der Waals surface area contributed by atoms with Crippen LogP contribution >= 0.6 is 0 Å². The van der Waals surface area contributed by atoms with Crippen LogP contribution in [0.3, 0.4) is 0 Å². The van der Waals surface area contributed by atoms with E-state index in [0.717, 1.165) is 65.6 Å². The third-order valence-corrected chi connectivity index (χ3v) is 14.5. The maximum absolute atomic E-state index is 5.74. The van der Waals surface area contributed by atoms with E-state index >= 15 is 0 Å². The molecule has 8 nitrogen and oxygen atoms in total. The first-order valence-electron chi connectivity index (χ1n) is 33.9. The summed E-state index contributed by atoms with van der Waals surface area (Å²) in [5, 5.41) is 0. The molecule has 8 heteroatoms. The van der Waals surface area contributed by atoms with E-state index < -0.39 is 0 Å². The van der Waals surface area contributed by atoms with E-state index in [4.69, 9.17) is 37.9 Å². The highest BCUT2D eigenvalue weighted by Crippen LogP contribution is 2.34. The Hall–Kier alpha value is -7.06. The molecule has 0 aromatic heterocycles. The van der Waals surface area contributed by atoms with Crippen LogP contribution in [0.1, 0.15) is 251 Å². The van der Waals surface area contributed by atoms with Crippen LogP contribution in [0.2, 0.25) is 0 Å². The van der Waals surface area contributed by atoms with Crippen molar-refractivity contribution in [2.45, 2.75) is 225 Å². The van der Waals surface area contributed by atoms with E-state index in [1.54, 1.807) is 14.2 Å². The van der Waals surface area contributed by atoms with Crippen molar-refractivity contribution < 1.29 is 37.9 Å². The molecular formula is C83H122O8. The van der Waals surface area contributed by atoms with Crippen molar-refractivity contribution in [3.05, 3.63) is 202 Å². The van der Waals surface area contributed by atoms with E-state index in [1.165, 1.54) is 70.2 Å². The van der Waals surface area contributed by atoms with Crippen LogP contribution in [0.25, 0.3) is 0 Å². The number of unbranched alkanes of at least 4 members (excludes halogenated alkanes) is 2. The van der Waals surface area contributed by atoms with Gasteiger partial charge in [0.05, 0.1) is 40.6 Å². The first-order chi connectivity index (χ1) is 43.3. The molecule has 0 heterocycles. The van der Waals surface area contributed by atoms with Crippen LogP contribution in [0, 0.1) is 5.92 Å². The highest BCUT2D eigenvalue weighted by atomic mass is 16.5. The first-order valence-corrected chi connectivity index (χ1v) is 33.9. The Morgan fingerprint density at radius 2 is 0.736 bits per heavy atom. The fourth-order valence-corrected chi connectivity index (χ4v) is 8.84. The van der Waals surface area contributed by atoms with Crippen molar-refractivity contribution >= 4 is 0 Å². The number of methoxy groups -OCH3 is 2. The molecule has 7 rings (SSSR count). The van der Waals surface area contributed by atoms with Gasteiger partial charge in [0.2, 0.25) is 0 Å². The largest absolute Gasteiger partial charge is 0.493 e. The molecule has 7 aromatic rings. The van der Waals surface area contributed by atoms with Gasteiger partial charge >= 0.3 is 0 Å². The van der Waals surface area contributed by atoms with Gasteiger partial charge in [0, 0.05) is 0 Å². The molecule has 0 aliphatic heterocycles. The third kappa shape index (κ3) is 33.2. The average Bonchev–Trinajstić information content (AvgIpc) is 2.41. The second-order valence-electron chi connectivity index (χ2n) is 26.2. The summed E-state index contributed by atoms with van der Waals surface area (Å²) >= 11 is 0. The quantitative estimate of drug-likeness (QED) is 0.0497. The van der Waals surface area contributed by atoms with Crippen LogP contribution in [-0.4, -0.2) is 46.2 Å². The Labute approximate surface area is 555 Å². The second-order valence-corrected chi connectivity index (χ2v) is 26.2. The molecular weight excluding hydrogens is 1120 g/mol. The van der Waals surface area contributed by atoms with Crippen molar-refractivity contribution in [2.24, 2.45) is 5.92 Å². The fourth-order valence-electron chi connectivity index (χ4n) is 8.84. The van der Waals surface area contributed by atoms with Crippen LogP contribution in [0.5, 0.6) is 46.0 Å². The molecule has 7 aromatic carbocycles. The predicted octanol–water partition coefficient (Wildman–Crippen LogP) is 24.0. The molecule has 502 valence electrons. The Morgan fingerprint density at radius 3 is 1.14 bits per heavy atom. The highest BCUT2D eigenvalue weighted by molar-refractivity contribution is 5.46. The molecule has 0 aliphatic rings. The summed E-state index contributed by atoms with van der Waals surface area (Å²) < 4.78 is 44.5. The molecule has 0 N–H and O–H groups in total. The number of rotatable bonds is 26. The summed E-state index contributed by atoms with van der Waals surface area (Å²) in [6.07, 6.45) is 6.24. The molecule has 0 amide bonds. The fraction of sp³-hybridized carbons (Fsp3) is 0.494. The number of aryl methyl sites for hydroxylation is 1. The molecule has 0 bridgehead atoms. The smallest absolute Gasteiger partial charge is 0.161 e. The molecule has 0 fully saturated rings. The van der Waals surface area contributed by atoms with E-state index in [1.807, 2.05) is 74.5 Å². The summed E-state index contributed by atoms with van der Waals surface area (Å²) in [5.74, 6) is 10.7. The van der Waals surface area contributed by atoms with Crippen molar-refractivity contribution in [1.29, 1.82) is 0 Å². The summed E-state index contributed by atoms with van der Waals surface area (Å²) in [5.41, 5.74) is 10.5.